The van der Waals surface area contributed by atoms with E-state index in [9.17, 15) is 0 Å². The van der Waals surface area contributed by atoms with Gasteiger partial charge in [0.05, 0.1) is 6.61 Å². The first-order valence-electron chi connectivity index (χ1n) is 4.15. The first-order valence-corrected chi connectivity index (χ1v) is 5.48. The number of ether oxygens (including phenoxy) is 2. The third-order valence-corrected chi connectivity index (χ3v) is 2.53. The minimum Gasteiger partial charge on any atom is -0.486 e. The van der Waals surface area contributed by atoms with Gasteiger partial charge in [-0.3, -0.25) is 0 Å². The highest BCUT2D eigenvalue weighted by atomic mass is 127. The third kappa shape index (κ3) is 2.26. The fraction of sp³-hybridized carbons (Fsp3) is 0.333. The highest BCUT2D eigenvalue weighted by molar-refractivity contribution is 14.1. The number of hydrogen-bond donors (Lipinski definition) is 1. The van der Waals surface area contributed by atoms with Gasteiger partial charge in [0, 0.05) is 4.90 Å². The van der Waals surface area contributed by atoms with Gasteiger partial charge in [-0.05, 0) is 18.2 Å². The minimum absolute atomic E-state index is 0.0230. The minimum atomic E-state index is -0.0230. The molecule has 1 aliphatic rings. The standard InChI is InChI=1S/C9H9IO3S/c10-12-5-6-4-11-9-3-7(14)1-2-8(9)13-6/h1-3,6,14H,4-5H2. The van der Waals surface area contributed by atoms with E-state index >= 15 is 0 Å². The third-order valence-electron chi connectivity index (χ3n) is 1.89. The molecule has 0 saturated heterocycles. The molecule has 0 spiro atoms. The highest BCUT2D eigenvalue weighted by Gasteiger charge is 2.20. The van der Waals surface area contributed by atoms with Crippen molar-refractivity contribution in [1.29, 1.82) is 0 Å². The van der Waals surface area contributed by atoms with Gasteiger partial charge in [0.1, 0.15) is 29.6 Å². The molecule has 1 atom stereocenters. The van der Waals surface area contributed by atoms with Crippen LogP contribution in [-0.4, -0.2) is 19.3 Å². The Morgan fingerprint density at radius 1 is 1.50 bits per heavy atom. The Labute approximate surface area is 102 Å². The zero-order valence-electron chi connectivity index (χ0n) is 7.27. The van der Waals surface area contributed by atoms with Crippen LogP contribution in [0.25, 0.3) is 0 Å². The van der Waals surface area contributed by atoms with E-state index in [0.29, 0.717) is 13.2 Å². The van der Waals surface area contributed by atoms with Crippen LogP contribution in [-0.2, 0) is 3.07 Å². The van der Waals surface area contributed by atoms with Gasteiger partial charge >= 0.3 is 0 Å². The van der Waals surface area contributed by atoms with Gasteiger partial charge in [0.25, 0.3) is 0 Å². The van der Waals surface area contributed by atoms with Crippen molar-refractivity contribution in [3.8, 4) is 11.5 Å². The first kappa shape index (κ1) is 10.4. The molecule has 0 radical (unpaired) electrons. The van der Waals surface area contributed by atoms with Gasteiger partial charge in [0.15, 0.2) is 17.6 Å². The van der Waals surface area contributed by atoms with Crippen LogP contribution >= 0.6 is 35.6 Å². The summed E-state index contributed by atoms with van der Waals surface area (Å²) in [6.07, 6.45) is -0.0230. The molecule has 3 nitrogen and oxygen atoms in total. The van der Waals surface area contributed by atoms with Crippen LogP contribution in [0.5, 0.6) is 11.5 Å². The topological polar surface area (TPSA) is 27.7 Å². The first-order chi connectivity index (χ1) is 6.79. The van der Waals surface area contributed by atoms with E-state index in [1.807, 2.05) is 41.2 Å². The lowest BCUT2D eigenvalue weighted by Crippen LogP contribution is -2.32. The maximum atomic E-state index is 5.64. The molecule has 1 aliphatic heterocycles. The average molecular weight is 324 g/mol. The van der Waals surface area contributed by atoms with Crippen LogP contribution in [0.4, 0.5) is 0 Å². The van der Waals surface area contributed by atoms with E-state index < -0.39 is 0 Å². The molecule has 14 heavy (non-hydrogen) atoms. The molecule has 0 N–H and O–H groups in total. The van der Waals surface area contributed by atoms with E-state index in [2.05, 4.69) is 12.6 Å². The monoisotopic (exact) mass is 324 g/mol. The summed E-state index contributed by atoms with van der Waals surface area (Å²) < 4.78 is 16.1. The smallest absolute Gasteiger partial charge is 0.162 e. The quantitative estimate of drug-likeness (QED) is 0.669. The van der Waals surface area contributed by atoms with Crippen molar-refractivity contribution in [1.82, 2.24) is 0 Å². The lowest BCUT2D eigenvalue weighted by atomic mass is 10.2. The van der Waals surface area contributed by atoms with E-state index in [1.54, 1.807) is 0 Å². The molecule has 0 bridgehead atoms. The Morgan fingerprint density at radius 2 is 2.36 bits per heavy atom. The van der Waals surface area contributed by atoms with E-state index in [0.717, 1.165) is 16.4 Å². The number of benzene rings is 1. The van der Waals surface area contributed by atoms with Gasteiger partial charge in [-0.25, -0.2) is 0 Å². The van der Waals surface area contributed by atoms with Crippen LogP contribution < -0.4 is 9.47 Å². The van der Waals surface area contributed by atoms with E-state index in [-0.39, 0.29) is 6.10 Å². The molecular formula is C9H9IO3S. The number of fused-ring (bicyclic) bond motifs is 1. The summed E-state index contributed by atoms with van der Waals surface area (Å²) in [5.41, 5.74) is 0. The zero-order valence-corrected chi connectivity index (χ0v) is 10.3. The molecule has 0 amide bonds. The lowest BCUT2D eigenvalue weighted by Gasteiger charge is -2.25. The van der Waals surface area contributed by atoms with Crippen LogP contribution in [0.2, 0.25) is 0 Å². The van der Waals surface area contributed by atoms with Gasteiger partial charge in [-0.15, -0.1) is 12.6 Å². The summed E-state index contributed by atoms with van der Waals surface area (Å²) in [4.78, 5) is 0.871. The molecule has 0 aromatic heterocycles. The van der Waals surface area contributed by atoms with Crippen molar-refractivity contribution in [2.75, 3.05) is 13.2 Å². The Morgan fingerprint density at radius 3 is 3.14 bits per heavy atom. The molecule has 0 aliphatic carbocycles. The predicted octanol–water partition coefficient (Wildman–Crippen LogP) is 2.48. The number of hydrogen-bond acceptors (Lipinski definition) is 4. The number of halogens is 1. The molecule has 5 heteroatoms. The van der Waals surface area contributed by atoms with E-state index in [4.69, 9.17) is 12.5 Å². The maximum Gasteiger partial charge on any atom is 0.162 e. The summed E-state index contributed by atoms with van der Waals surface area (Å²) in [7, 11) is 0. The van der Waals surface area contributed by atoms with Crippen molar-refractivity contribution in [2.24, 2.45) is 0 Å². The average Bonchev–Trinajstić information content (AvgIpc) is 2.19. The summed E-state index contributed by atoms with van der Waals surface area (Å²) in [5, 5.41) is 0. The Balaban J connectivity index is 2.15. The second-order valence-electron chi connectivity index (χ2n) is 2.96. The normalized spacial score (nSPS) is 19.4. The van der Waals surface area contributed by atoms with Crippen molar-refractivity contribution >= 4 is 35.6 Å². The Kier molecular flexibility index (Phi) is 3.40. The molecule has 1 heterocycles. The van der Waals surface area contributed by atoms with Gasteiger partial charge in [0.2, 0.25) is 0 Å². The Bertz CT molecular complexity index is 332. The highest BCUT2D eigenvalue weighted by Crippen LogP contribution is 2.33. The Hall–Kier alpha value is -0.140. The fourth-order valence-corrected chi connectivity index (χ4v) is 1.85. The van der Waals surface area contributed by atoms with E-state index in [1.165, 1.54) is 0 Å². The molecule has 0 saturated carbocycles. The van der Waals surface area contributed by atoms with Crippen molar-refractivity contribution < 1.29 is 12.5 Å². The molecule has 76 valence electrons. The fourth-order valence-electron chi connectivity index (χ4n) is 1.26. The molecule has 0 fully saturated rings. The van der Waals surface area contributed by atoms with Crippen molar-refractivity contribution in [3.63, 3.8) is 0 Å². The van der Waals surface area contributed by atoms with Crippen LogP contribution in [0.1, 0.15) is 0 Å². The second kappa shape index (κ2) is 4.59. The van der Waals surface area contributed by atoms with Crippen LogP contribution in [0.3, 0.4) is 0 Å². The molecule has 1 aromatic rings. The van der Waals surface area contributed by atoms with Crippen LogP contribution in [0, 0.1) is 0 Å². The summed E-state index contributed by atoms with van der Waals surface area (Å²) in [6.45, 7) is 1.05. The SMILES string of the molecule is Sc1ccc2c(c1)OCC(COI)O2. The second-order valence-corrected chi connectivity index (χ2v) is 4.10. The molecule has 1 aromatic carbocycles. The zero-order chi connectivity index (χ0) is 9.97. The van der Waals surface area contributed by atoms with Crippen molar-refractivity contribution in [2.45, 2.75) is 11.0 Å². The maximum absolute atomic E-state index is 5.64. The van der Waals surface area contributed by atoms with Crippen molar-refractivity contribution in [3.05, 3.63) is 18.2 Å². The number of thiol groups is 1. The molecule has 2 rings (SSSR count). The van der Waals surface area contributed by atoms with Gasteiger partial charge < -0.3 is 12.5 Å². The largest absolute Gasteiger partial charge is 0.486 e. The summed E-state index contributed by atoms with van der Waals surface area (Å²) in [5.74, 6) is 1.51. The predicted molar refractivity (Wildman–Crippen MR) is 63.6 cm³/mol. The summed E-state index contributed by atoms with van der Waals surface area (Å²) in [6, 6.07) is 5.58. The number of rotatable bonds is 2. The molecule has 1 unspecified atom stereocenters. The van der Waals surface area contributed by atoms with Gasteiger partial charge in [-0.1, -0.05) is 0 Å². The van der Waals surface area contributed by atoms with Crippen LogP contribution in [0.15, 0.2) is 23.1 Å². The summed E-state index contributed by atoms with van der Waals surface area (Å²) >= 11 is 6.07. The molecular weight excluding hydrogens is 315 g/mol. The van der Waals surface area contributed by atoms with Gasteiger partial charge in [-0.2, -0.15) is 0 Å². The lowest BCUT2D eigenvalue weighted by molar-refractivity contribution is 0.0653.